The lowest BCUT2D eigenvalue weighted by atomic mass is 10.3. The van der Waals surface area contributed by atoms with Crippen molar-refractivity contribution >= 4 is 42.4 Å². The van der Waals surface area contributed by atoms with Gasteiger partial charge >= 0.3 is 0 Å². The van der Waals surface area contributed by atoms with Gasteiger partial charge in [0.15, 0.2) is 0 Å². The monoisotopic (exact) mass is 352 g/mol. The van der Waals surface area contributed by atoms with Gasteiger partial charge < -0.3 is 26.7 Å². The van der Waals surface area contributed by atoms with Gasteiger partial charge in [0.2, 0.25) is 5.95 Å². The van der Waals surface area contributed by atoms with Gasteiger partial charge in [0.25, 0.3) is 0 Å². The molecule has 1 aliphatic carbocycles. The van der Waals surface area contributed by atoms with Crippen LogP contribution >= 0.6 is 24.8 Å². The number of hydrogen-bond donors (Lipinski definition) is 3. The third kappa shape index (κ3) is 5.31. The lowest BCUT2D eigenvalue weighted by molar-refractivity contribution is 0.616. The second-order valence-corrected chi connectivity index (χ2v) is 5.52. The molecule has 7 nitrogen and oxygen atoms in total. The summed E-state index contributed by atoms with van der Waals surface area (Å²) in [7, 11) is 2.01. The number of hydrogen-bond acceptors (Lipinski definition) is 6. The van der Waals surface area contributed by atoms with E-state index in [-0.39, 0.29) is 30.3 Å². The predicted molar refractivity (Wildman–Crippen MR) is 95.4 cm³/mol. The average Bonchev–Trinajstić information content (AvgIpc) is 3.11. The van der Waals surface area contributed by atoms with Crippen molar-refractivity contribution in [3.63, 3.8) is 0 Å². The highest BCUT2D eigenvalue weighted by atomic mass is 35.5. The third-order valence-electron chi connectivity index (χ3n) is 3.90. The van der Waals surface area contributed by atoms with E-state index >= 15 is 0 Å². The first-order chi connectivity index (χ1) is 9.24. The topological polar surface area (TPSA) is 111 Å². The molecule has 0 amide bonds. The van der Waals surface area contributed by atoms with Gasteiger partial charge in [0.1, 0.15) is 11.6 Å². The van der Waals surface area contributed by atoms with Gasteiger partial charge in [-0.25, -0.2) is 0 Å². The third-order valence-corrected chi connectivity index (χ3v) is 3.90. The first-order valence-corrected chi connectivity index (χ1v) is 7.05. The van der Waals surface area contributed by atoms with Gasteiger partial charge in [-0.3, -0.25) is 0 Å². The molecule has 3 rings (SSSR count). The number of anilines is 3. The highest BCUT2D eigenvalue weighted by Gasteiger charge is 2.24. The van der Waals surface area contributed by atoms with Crippen LogP contribution in [0.4, 0.5) is 17.6 Å². The van der Waals surface area contributed by atoms with Crippen molar-refractivity contribution in [3.8, 4) is 0 Å². The standard InChI is InChI=1S/C13H22N6.2ClH.H2O/c1-15-10-4-5-19(8-10)12-6-11(14)17-13(18-12)16-7-9-2-3-9;;;/h6,9-10,15H,2-5,7-8H2,1H3,(H3,14,16,17,18);2*1H;1H2/t10-;;;/m1.../s1. The largest absolute Gasteiger partial charge is 0.412 e. The molecule has 6 N–H and O–H groups in total. The van der Waals surface area contributed by atoms with E-state index in [9.17, 15) is 0 Å². The minimum absolute atomic E-state index is 0. The van der Waals surface area contributed by atoms with Gasteiger partial charge in [-0.1, -0.05) is 0 Å². The molecule has 1 aromatic rings. The number of likely N-dealkylation sites (N-methyl/N-ethyl adjacent to an activating group) is 1. The van der Waals surface area contributed by atoms with E-state index in [2.05, 4.69) is 25.5 Å². The van der Waals surface area contributed by atoms with Gasteiger partial charge in [-0.05, 0) is 32.2 Å². The van der Waals surface area contributed by atoms with Crippen LogP contribution in [0, 0.1) is 5.92 Å². The maximum atomic E-state index is 5.88. The summed E-state index contributed by atoms with van der Waals surface area (Å²) >= 11 is 0. The minimum Gasteiger partial charge on any atom is -0.412 e. The Morgan fingerprint density at radius 1 is 1.27 bits per heavy atom. The van der Waals surface area contributed by atoms with Gasteiger partial charge in [0, 0.05) is 31.7 Å². The molecule has 1 aromatic heterocycles. The molecular weight excluding hydrogens is 327 g/mol. The van der Waals surface area contributed by atoms with E-state index in [1.165, 1.54) is 12.8 Å². The first kappa shape index (κ1) is 21.0. The van der Waals surface area contributed by atoms with Crippen molar-refractivity contribution < 1.29 is 5.48 Å². The zero-order chi connectivity index (χ0) is 13.2. The molecule has 0 unspecified atom stereocenters. The predicted octanol–water partition coefficient (Wildman–Crippen LogP) is 0.698. The van der Waals surface area contributed by atoms with Crippen molar-refractivity contribution in [1.82, 2.24) is 15.3 Å². The fraction of sp³-hybridized carbons (Fsp3) is 0.692. The average molecular weight is 353 g/mol. The molecule has 2 heterocycles. The van der Waals surface area contributed by atoms with Gasteiger partial charge in [-0.15, -0.1) is 24.8 Å². The number of nitrogens with two attached hydrogens (primary N) is 1. The summed E-state index contributed by atoms with van der Waals surface area (Å²) in [6.45, 7) is 2.96. The second kappa shape index (κ2) is 9.19. The summed E-state index contributed by atoms with van der Waals surface area (Å²) in [4.78, 5) is 11.1. The number of nitrogen functional groups attached to an aromatic ring is 1. The van der Waals surface area contributed by atoms with Crippen molar-refractivity contribution in [1.29, 1.82) is 0 Å². The van der Waals surface area contributed by atoms with Crippen LogP contribution in [0.3, 0.4) is 0 Å². The summed E-state index contributed by atoms with van der Waals surface area (Å²) in [5, 5.41) is 6.60. The normalized spacial score (nSPS) is 19.7. The summed E-state index contributed by atoms with van der Waals surface area (Å²) in [5.74, 6) is 2.93. The van der Waals surface area contributed by atoms with Crippen LogP contribution in [-0.2, 0) is 0 Å². The molecule has 2 fully saturated rings. The van der Waals surface area contributed by atoms with Crippen molar-refractivity contribution in [3.05, 3.63) is 6.07 Å². The second-order valence-electron chi connectivity index (χ2n) is 5.52. The fourth-order valence-electron chi connectivity index (χ4n) is 2.46. The molecule has 0 radical (unpaired) electrons. The van der Waals surface area contributed by atoms with E-state index in [1.807, 2.05) is 13.1 Å². The highest BCUT2D eigenvalue weighted by molar-refractivity contribution is 5.85. The molecule has 2 aliphatic rings. The van der Waals surface area contributed by atoms with E-state index in [4.69, 9.17) is 5.73 Å². The molecular formula is C13H26Cl2N6O. The lowest BCUT2D eigenvalue weighted by Gasteiger charge is -2.18. The summed E-state index contributed by atoms with van der Waals surface area (Å²) in [5.41, 5.74) is 5.88. The van der Waals surface area contributed by atoms with Crippen LogP contribution in [0.2, 0.25) is 0 Å². The van der Waals surface area contributed by atoms with Crippen LogP contribution in [0.1, 0.15) is 19.3 Å². The van der Waals surface area contributed by atoms with Crippen molar-refractivity contribution in [2.24, 2.45) is 5.92 Å². The molecule has 0 aromatic carbocycles. The zero-order valence-electron chi connectivity index (χ0n) is 12.7. The molecule has 0 spiro atoms. The Bertz CT molecular complexity index is 460. The summed E-state index contributed by atoms with van der Waals surface area (Å²) < 4.78 is 0. The molecule has 1 saturated heterocycles. The molecule has 1 aliphatic heterocycles. The number of halogens is 2. The van der Waals surface area contributed by atoms with Crippen LogP contribution in [0.25, 0.3) is 0 Å². The maximum absolute atomic E-state index is 5.88. The Balaban J connectivity index is 0.00000147. The van der Waals surface area contributed by atoms with Crippen LogP contribution < -0.4 is 21.3 Å². The SMILES string of the molecule is CN[C@@H]1CCN(c2cc(N)nc(NCC3CC3)n2)C1.Cl.Cl.O. The van der Waals surface area contributed by atoms with Crippen molar-refractivity contribution in [2.45, 2.75) is 25.3 Å². The van der Waals surface area contributed by atoms with E-state index in [0.29, 0.717) is 17.8 Å². The smallest absolute Gasteiger partial charge is 0.226 e. The molecule has 22 heavy (non-hydrogen) atoms. The molecule has 9 heteroatoms. The Kier molecular flexibility index (Phi) is 8.77. The molecule has 1 atom stereocenters. The Morgan fingerprint density at radius 3 is 2.59 bits per heavy atom. The van der Waals surface area contributed by atoms with Crippen LogP contribution in [0.15, 0.2) is 6.07 Å². The Labute approximate surface area is 143 Å². The van der Waals surface area contributed by atoms with Crippen molar-refractivity contribution in [2.75, 3.05) is 42.6 Å². The summed E-state index contributed by atoms with van der Waals surface area (Å²) in [6, 6.07) is 2.40. The van der Waals surface area contributed by atoms with Gasteiger partial charge in [0.05, 0.1) is 0 Å². The van der Waals surface area contributed by atoms with E-state index in [0.717, 1.165) is 37.8 Å². The number of aromatic nitrogens is 2. The van der Waals surface area contributed by atoms with Gasteiger partial charge in [-0.2, -0.15) is 9.97 Å². The lowest BCUT2D eigenvalue weighted by Crippen LogP contribution is -2.30. The Morgan fingerprint density at radius 2 is 2.00 bits per heavy atom. The number of nitrogens with zero attached hydrogens (tertiary/aromatic N) is 3. The molecule has 128 valence electrons. The first-order valence-electron chi connectivity index (χ1n) is 7.05. The van der Waals surface area contributed by atoms with E-state index < -0.39 is 0 Å². The van der Waals surface area contributed by atoms with E-state index in [1.54, 1.807) is 0 Å². The minimum atomic E-state index is 0. The summed E-state index contributed by atoms with van der Waals surface area (Å²) in [6.07, 6.45) is 3.78. The molecule has 1 saturated carbocycles. The van der Waals surface area contributed by atoms with Crippen LogP contribution in [0.5, 0.6) is 0 Å². The zero-order valence-corrected chi connectivity index (χ0v) is 14.3. The van der Waals surface area contributed by atoms with Crippen LogP contribution in [-0.4, -0.2) is 48.2 Å². The fourth-order valence-corrected chi connectivity index (χ4v) is 2.46. The number of nitrogens with one attached hydrogen (secondary N) is 2. The maximum Gasteiger partial charge on any atom is 0.226 e. The number of rotatable bonds is 5. The quantitative estimate of drug-likeness (QED) is 0.719. The Hall–Kier alpha value is -1.02. The molecule has 0 bridgehead atoms. The highest BCUT2D eigenvalue weighted by Crippen LogP contribution is 2.29.